The van der Waals surface area contributed by atoms with E-state index >= 15 is 0 Å². The molecule has 6 nitrogen and oxygen atoms in total. The molecule has 0 unspecified atom stereocenters. The molecule has 26 heavy (non-hydrogen) atoms. The minimum Gasteiger partial charge on any atom is -0.454 e. The average Bonchev–Trinajstić information content (AvgIpc) is 3.11. The van der Waals surface area contributed by atoms with Crippen LogP contribution in [-0.2, 0) is 13.1 Å². The minimum atomic E-state index is -0.412. The van der Waals surface area contributed by atoms with E-state index in [9.17, 15) is 4.39 Å². The van der Waals surface area contributed by atoms with Crippen LogP contribution in [0.5, 0.6) is 11.5 Å². The van der Waals surface area contributed by atoms with E-state index in [2.05, 4.69) is 10.3 Å². The Hall–Kier alpha value is -3.27. The van der Waals surface area contributed by atoms with Crippen LogP contribution in [0.4, 0.5) is 4.39 Å². The number of benzene rings is 2. The molecule has 1 heterocycles. The van der Waals surface area contributed by atoms with Crippen LogP contribution in [0.25, 0.3) is 0 Å². The lowest BCUT2D eigenvalue weighted by molar-refractivity contribution is 0.174. The van der Waals surface area contributed by atoms with Crippen LogP contribution in [-0.4, -0.2) is 31.7 Å². The topological polar surface area (TPSA) is 69.9 Å². The normalized spacial score (nSPS) is 12.6. The number of rotatable bonds is 4. The fourth-order valence-corrected chi connectivity index (χ4v) is 2.71. The summed E-state index contributed by atoms with van der Waals surface area (Å²) in [5.74, 6) is 1.70. The highest BCUT2D eigenvalue weighted by Crippen LogP contribution is 2.32. The summed E-state index contributed by atoms with van der Waals surface area (Å²) in [6.07, 6.45) is 0. The van der Waals surface area contributed by atoms with Crippen molar-refractivity contribution in [3.05, 3.63) is 58.9 Å². The van der Waals surface area contributed by atoms with E-state index in [1.165, 1.54) is 6.07 Å². The monoisotopic (exact) mass is 354 g/mol. The molecule has 0 saturated heterocycles. The molecule has 7 heteroatoms. The highest BCUT2D eigenvalue weighted by Gasteiger charge is 2.15. The number of hydrogen-bond acceptors (Lipinski definition) is 4. The highest BCUT2D eigenvalue weighted by molar-refractivity contribution is 5.79. The molecular weight excluding hydrogens is 335 g/mol. The van der Waals surface area contributed by atoms with Gasteiger partial charge in [-0.25, -0.2) is 4.39 Å². The first kappa shape index (κ1) is 17.5. The second-order valence-corrected chi connectivity index (χ2v) is 5.86. The van der Waals surface area contributed by atoms with Crippen molar-refractivity contribution in [2.75, 3.05) is 20.9 Å². The van der Waals surface area contributed by atoms with Crippen molar-refractivity contribution < 1.29 is 13.9 Å². The predicted octanol–water partition coefficient (Wildman–Crippen LogP) is 2.63. The SMILES string of the molecule is CN=C(NCc1ccc(C#N)cc1F)N(C)Cc1ccc2c(c1)OCO2. The molecule has 0 aromatic heterocycles. The Labute approximate surface area is 151 Å². The Morgan fingerprint density at radius 2 is 2.08 bits per heavy atom. The first-order valence-electron chi connectivity index (χ1n) is 8.09. The van der Waals surface area contributed by atoms with Crippen LogP contribution in [0.2, 0.25) is 0 Å². The number of halogens is 1. The number of aliphatic imine (C=N–C) groups is 1. The maximum Gasteiger partial charge on any atom is 0.231 e. The van der Waals surface area contributed by atoms with Crippen molar-refractivity contribution in [2.45, 2.75) is 13.1 Å². The largest absolute Gasteiger partial charge is 0.454 e. The average molecular weight is 354 g/mol. The number of nitriles is 1. The molecule has 0 amide bonds. The van der Waals surface area contributed by atoms with Gasteiger partial charge in [0.05, 0.1) is 11.6 Å². The van der Waals surface area contributed by atoms with Gasteiger partial charge in [0, 0.05) is 32.7 Å². The van der Waals surface area contributed by atoms with E-state index in [1.807, 2.05) is 36.2 Å². The first-order valence-corrected chi connectivity index (χ1v) is 8.09. The van der Waals surface area contributed by atoms with Gasteiger partial charge < -0.3 is 19.7 Å². The summed E-state index contributed by atoms with van der Waals surface area (Å²) in [6.45, 7) is 1.12. The molecule has 0 saturated carbocycles. The van der Waals surface area contributed by atoms with Gasteiger partial charge in [-0.15, -0.1) is 0 Å². The van der Waals surface area contributed by atoms with Crippen LogP contribution < -0.4 is 14.8 Å². The van der Waals surface area contributed by atoms with Crippen molar-refractivity contribution in [1.82, 2.24) is 10.2 Å². The van der Waals surface area contributed by atoms with Crippen LogP contribution >= 0.6 is 0 Å². The van der Waals surface area contributed by atoms with Gasteiger partial charge in [-0.3, -0.25) is 4.99 Å². The van der Waals surface area contributed by atoms with Gasteiger partial charge in [-0.05, 0) is 29.8 Å². The van der Waals surface area contributed by atoms with Gasteiger partial charge in [0.1, 0.15) is 5.82 Å². The number of ether oxygens (including phenoxy) is 2. The minimum absolute atomic E-state index is 0.244. The van der Waals surface area contributed by atoms with E-state index in [0.29, 0.717) is 23.6 Å². The standard InChI is InChI=1S/C19H19FN4O2/c1-22-19(23-10-15-5-3-13(9-21)7-16(15)20)24(2)11-14-4-6-17-18(8-14)26-12-25-17/h3-8H,10-12H2,1-2H3,(H,22,23). The van der Waals surface area contributed by atoms with Gasteiger partial charge in [-0.1, -0.05) is 12.1 Å². The number of guanidine groups is 1. The summed E-state index contributed by atoms with van der Waals surface area (Å²) in [7, 11) is 3.57. The van der Waals surface area contributed by atoms with Crippen molar-refractivity contribution in [3.63, 3.8) is 0 Å². The Bertz CT molecular complexity index is 876. The fraction of sp³-hybridized carbons (Fsp3) is 0.263. The smallest absolute Gasteiger partial charge is 0.231 e. The zero-order valence-corrected chi connectivity index (χ0v) is 14.6. The third-order valence-electron chi connectivity index (χ3n) is 4.05. The van der Waals surface area contributed by atoms with E-state index < -0.39 is 5.82 Å². The van der Waals surface area contributed by atoms with Crippen molar-refractivity contribution in [3.8, 4) is 17.6 Å². The Morgan fingerprint density at radius 3 is 2.81 bits per heavy atom. The third-order valence-corrected chi connectivity index (χ3v) is 4.05. The molecule has 134 valence electrons. The molecule has 0 bridgehead atoms. The van der Waals surface area contributed by atoms with Gasteiger partial charge in [0.15, 0.2) is 17.5 Å². The van der Waals surface area contributed by atoms with Gasteiger partial charge in [-0.2, -0.15) is 5.26 Å². The molecule has 2 aromatic rings. The summed E-state index contributed by atoms with van der Waals surface area (Å²) in [6, 6.07) is 12.1. The van der Waals surface area contributed by atoms with Crippen molar-refractivity contribution >= 4 is 5.96 Å². The summed E-state index contributed by atoms with van der Waals surface area (Å²) >= 11 is 0. The number of nitrogens with zero attached hydrogens (tertiary/aromatic N) is 3. The van der Waals surface area contributed by atoms with Crippen molar-refractivity contribution in [1.29, 1.82) is 5.26 Å². The van der Waals surface area contributed by atoms with Crippen molar-refractivity contribution in [2.24, 2.45) is 4.99 Å². The molecule has 3 rings (SSSR count). The van der Waals surface area contributed by atoms with Gasteiger partial charge >= 0.3 is 0 Å². The number of hydrogen-bond donors (Lipinski definition) is 1. The molecule has 0 atom stereocenters. The van der Waals surface area contributed by atoms with E-state index in [1.54, 1.807) is 19.2 Å². The predicted molar refractivity (Wildman–Crippen MR) is 95.3 cm³/mol. The van der Waals surface area contributed by atoms with E-state index in [-0.39, 0.29) is 13.3 Å². The molecule has 0 radical (unpaired) electrons. The fourth-order valence-electron chi connectivity index (χ4n) is 2.71. The number of nitrogens with one attached hydrogen (secondary N) is 1. The lowest BCUT2D eigenvalue weighted by atomic mass is 10.1. The van der Waals surface area contributed by atoms with Gasteiger partial charge in [0.25, 0.3) is 0 Å². The van der Waals surface area contributed by atoms with Crippen LogP contribution in [0.1, 0.15) is 16.7 Å². The van der Waals surface area contributed by atoms with E-state index in [0.717, 1.165) is 17.1 Å². The zero-order chi connectivity index (χ0) is 18.5. The molecule has 1 aliphatic rings. The second-order valence-electron chi connectivity index (χ2n) is 5.86. The molecule has 1 aliphatic heterocycles. The summed E-state index contributed by atoms with van der Waals surface area (Å²) in [4.78, 5) is 6.17. The molecule has 0 fully saturated rings. The Balaban J connectivity index is 1.62. The highest BCUT2D eigenvalue weighted by atomic mass is 19.1. The van der Waals surface area contributed by atoms with E-state index in [4.69, 9.17) is 14.7 Å². The second kappa shape index (κ2) is 7.74. The Kier molecular flexibility index (Phi) is 5.23. The maximum atomic E-state index is 14.0. The maximum absolute atomic E-state index is 14.0. The lowest BCUT2D eigenvalue weighted by Crippen LogP contribution is -2.38. The molecular formula is C19H19FN4O2. The van der Waals surface area contributed by atoms with Crippen LogP contribution in [0.15, 0.2) is 41.4 Å². The molecule has 0 spiro atoms. The Morgan fingerprint density at radius 1 is 1.27 bits per heavy atom. The number of fused-ring (bicyclic) bond motifs is 1. The van der Waals surface area contributed by atoms with Gasteiger partial charge in [0.2, 0.25) is 6.79 Å². The molecule has 2 aromatic carbocycles. The van der Waals surface area contributed by atoms with Crippen LogP contribution in [0, 0.1) is 17.1 Å². The summed E-state index contributed by atoms with van der Waals surface area (Å²) in [5.41, 5.74) is 1.82. The quantitative estimate of drug-likeness (QED) is 0.675. The molecule has 1 N–H and O–H groups in total. The third kappa shape index (κ3) is 3.86. The molecule has 0 aliphatic carbocycles. The van der Waals surface area contributed by atoms with Crippen LogP contribution in [0.3, 0.4) is 0 Å². The zero-order valence-electron chi connectivity index (χ0n) is 14.6. The lowest BCUT2D eigenvalue weighted by Gasteiger charge is -2.22. The summed E-state index contributed by atoms with van der Waals surface area (Å²) in [5, 5.41) is 11.9. The summed E-state index contributed by atoms with van der Waals surface area (Å²) < 4.78 is 24.7. The first-order chi connectivity index (χ1) is 12.6.